The van der Waals surface area contributed by atoms with Gasteiger partial charge in [-0.15, -0.1) is 0 Å². The second kappa shape index (κ2) is 8.44. The molecule has 154 valence electrons. The highest BCUT2D eigenvalue weighted by molar-refractivity contribution is 5.94. The maximum Gasteiger partial charge on any atom is 0.253 e. The molecule has 2 atom stereocenters. The van der Waals surface area contributed by atoms with Gasteiger partial charge in [-0.05, 0) is 49.9 Å². The van der Waals surface area contributed by atoms with Gasteiger partial charge in [0.15, 0.2) is 0 Å². The number of carbonyl (C=O) groups excluding carboxylic acids is 2. The van der Waals surface area contributed by atoms with Gasteiger partial charge in [0.1, 0.15) is 11.5 Å². The number of furan rings is 1. The number of hydrogen-bond acceptors (Lipinski definition) is 3. The summed E-state index contributed by atoms with van der Waals surface area (Å²) in [7, 11) is 0. The lowest BCUT2D eigenvalue weighted by molar-refractivity contribution is -0.131. The lowest BCUT2D eigenvalue weighted by Crippen LogP contribution is -2.37. The molecule has 29 heavy (non-hydrogen) atoms. The maximum absolute atomic E-state index is 12.8. The van der Waals surface area contributed by atoms with E-state index in [2.05, 4.69) is 13.0 Å². The van der Waals surface area contributed by atoms with Crippen molar-refractivity contribution in [3.63, 3.8) is 0 Å². The van der Waals surface area contributed by atoms with Crippen molar-refractivity contribution < 1.29 is 14.0 Å². The molecular weight excluding hydrogens is 364 g/mol. The lowest BCUT2D eigenvalue weighted by atomic mass is 10.1. The van der Waals surface area contributed by atoms with E-state index in [1.165, 1.54) is 6.42 Å². The third-order valence-electron chi connectivity index (χ3n) is 6.14. The molecule has 4 rings (SSSR count). The molecule has 1 aliphatic carbocycles. The zero-order valence-corrected chi connectivity index (χ0v) is 17.4. The molecule has 0 N–H and O–H groups in total. The fourth-order valence-corrected chi connectivity index (χ4v) is 4.17. The third kappa shape index (κ3) is 4.72. The molecule has 2 aliphatic rings. The fraction of sp³-hybridized carbons (Fsp3) is 0.500. The molecular formula is C24H30N2O3. The first-order valence-electron chi connectivity index (χ1n) is 10.7. The summed E-state index contributed by atoms with van der Waals surface area (Å²) in [6.07, 6.45) is 3.12. The second-order valence-electron chi connectivity index (χ2n) is 8.52. The highest BCUT2D eigenvalue weighted by Gasteiger charge is 2.36. The summed E-state index contributed by atoms with van der Waals surface area (Å²) in [5.74, 6) is 3.46. The molecule has 5 nitrogen and oxygen atoms in total. The Kier molecular flexibility index (Phi) is 5.74. The number of aryl methyl sites for hydroxylation is 2. The zero-order valence-electron chi connectivity index (χ0n) is 17.4. The lowest BCUT2D eigenvalue weighted by Gasteiger charge is -2.22. The molecule has 0 bridgehead atoms. The highest BCUT2D eigenvalue weighted by Crippen LogP contribution is 2.47. The molecule has 0 spiro atoms. The van der Waals surface area contributed by atoms with Crippen LogP contribution in [0.25, 0.3) is 0 Å². The summed E-state index contributed by atoms with van der Waals surface area (Å²) < 4.78 is 5.92. The average molecular weight is 395 g/mol. The quantitative estimate of drug-likeness (QED) is 0.770. The van der Waals surface area contributed by atoms with Crippen molar-refractivity contribution in [3.8, 4) is 0 Å². The number of nitrogens with zero attached hydrogens (tertiary/aromatic N) is 2. The Balaban J connectivity index is 1.28. The maximum atomic E-state index is 12.8. The van der Waals surface area contributed by atoms with Gasteiger partial charge in [0.05, 0.1) is 0 Å². The summed E-state index contributed by atoms with van der Waals surface area (Å²) in [5.41, 5.74) is 1.81. The highest BCUT2D eigenvalue weighted by atomic mass is 16.3. The number of carbonyl (C=O) groups is 2. The molecule has 1 aromatic heterocycles. The van der Waals surface area contributed by atoms with Gasteiger partial charge in [-0.25, -0.2) is 0 Å². The molecule has 0 radical (unpaired) electrons. The summed E-state index contributed by atoms with van der Waals surface area (Å²) in [5, 5.41) is 0. The van der Waals surface area contributed by atoms with Gasteiger partial charge < -0.3 is 14.2 Å². The fourth-order valence-electron chi connectivity index (χ4n) is 4.17. The Morgan fingerprint density at radius 3 is 2.59 bits per heavy atom. The van der Waals surface area contributed by atoms with Gasteiger partial charge in [0.2, 0.25) is 5.91 Å². The van der Waals surface area contributed by atoms with E-state index < -0.39 is 0 Å². The van der Waals surface area contributed by atoms with Gasteiger partial charge in [0, 0.05) is 50.5 Å². The van der Waals surface area contributed by atoms with Crippen LogP contribution < -0.4 is 0 Å². The Morgan fingerprint density at radius 1 is 1.07 bits per heavy atom. The number of amides is 2. The van der Waals surface area contributed by atoms with Crippen LogP contribution in [0.3, 0.4) is 0 Å². The first-order chi connectivity index (χ1) is 14.0. The molecule has 2 fully saturated rings. The smallest absolute Gasteiger partial charge is 0.253 e. The molecule has 2 amide bonds. The standard InChI is InChI=1S/C24H30N2O3/c1-17-5-3-6-19(15-17)24(28)26-12-4-11-25(13-14-26)23(27)10-8-20-7-9-22(29-20)21-16-18(21)2/h3,5-7,9,15,18,21H,4,8,10-14,16H2,1-2H3. The van der Waals surface area contributed by atoms with Gasteiger partial charge in [0.25, 0.3) is 5.91 Å². The van der Waals surface area contributed by atoms with Crippen LogP contribution in [0.1, 0.15) is 59.5 Å². The van der Waals surface area contributed by atoms with Crippen molar-refractivity contribution in [3.05, 3.63) is 59.0 Å². The summed E-state index contributed by atoms with van der Waals surface area (Å²) in [4.78, 5) is 29.3. The Hall–Kier alpha value is -2.56. The first-order valence-corrected chi connectivity index (χ1v) is 10.7. The van der Waals surface area contributed by atoms with E-state index in [-0.39, 0.29) is 11.8 Å². The molecule has 1 aliphatic heterocycles. The Bertz CT molecular complexity index is 888. The minimum Gasteiger partial charge on any atom is -0.466 e. The predicted molar refractivity (Wildman–Crippen MR) is 112 cm³/mol. The number of benzene rings is 1. The Labute approximate surface area is 172 Å². The zero-order chi connectivity index (χ0) is 20.4. The second-order valence-corrected chi connectivity index (χ2v) is 8.52. The Morgan fingerprint density at radius 2 is 1.83 bits per heavy atom. The van der Waals surface area contributed by atoms with Crippen molar-refractivity contribution in [2.75, 3.05) is 26.2 Å². The molecule has 2 aromatic rings. The topological polar surface area (TPSA) is 53.8 Å². The van der Waals surface area contributed by atoms with Crippen LogP contribution in [0.2, 0.25) is 0 Å². The molecule has 5 heteroatoms. The minimum atomic E-state index is 0.0559. The van der Waals surface area contributed by atoms with E-state index >= 15 is 0 Å². The normalized spacial score (nSPS) is 21.7. The SMILES string of the molecule is Cc1cccc(C(=O)N2CCCN(C(=O)CCc3ccc(C4CC4C)o3)CC2)c1. The molecule has 2 unspecified atom stereocenters. The monoisotopic (exact) mass is 394 g/mol. The van der Waals surface area contributed by atoms with E-state index in [0.717, 1.165) is 35.0 Å². The molecule has 1 aromatic carbocycles. The summed E-state index contributed by atoms with van der Waals surface area (Å²) in [6.45, 7) is 6.81. The molecule has 1 saturated carbocycles. The van der Waals surface area contributed by atoms with E-state index in [9.17, 15) is 9.59 Å². The van der Waals surface area contributed by atoms with Crippen LogP contribution in [0.4, 0.5) is 0 Å². The van der Waals surface area contributed by atoms with Crippen molar-refractivity contribution in [1.82, 2.24) is 9.80 Å². The van der Waals surface area contributed by atoms with Gasteiger partial charge in [-0.1, -0.05) is 24.6 Å². The van der Waals surface area contributed by atoms with E-state index in [1.807, 2.05) is 47.1 Å². The summed E-state index contributed by atoms with van der Waals surface area (Å²) >= 11 is 0. The first kappa shape index (κ1) is 19.7. The van der Waals surface area contributed by atoms with E-state index in [4.69, 9.17) is 4.42 Å². The van der Waals surface area contributed by atoms with Crippen molar-refractivity contribution in [1.29, 1.82) is 0 Å². The molecule has 2 heterocycles. The van der Waals surface area contributed by atoms with Crippen molar-refractivity contribution in [2.45, 2.75) is 45.4 Å². The largest absolute Gasteiger partial charge is 0.466 e. The van der Waals surface area contributed by atoms with Gasteiger partial charge in [-0.3, -0.25) is 9.59 Å². The average Bonchev–Trinajstić information content (AvgIpc) is 3.35. The van der Waals surface area contributed by atoms with Crippen molar-refractivity contribution in [2.24, 2.45) is 5.92 Å². The summed E-state index contributed by atoms with van der Waals surface area (Å²) in [6, 6.07) is 11.8. The van der Waals surface area contributed by atoms with Gasteiger partial charge >= 0.3 is 0 Å². The predicted octanol–water partition coefficient (Wildman–Crippen LogP) is 4.02. The molecule has 1 saturated heterocycles. The van der Waals surface area contributed by atoms with Crippen LogP contribution in [-0.2, 0) is 11.2 Å². The van der Waals surface area contributed by atoms with Crippen molar-refractivity contribution >= 4 is 11.8 Å². The van der Waals surface area contributed by atoms with Crippen LogP contribution in [-0.4, -0.2) is 47.8 Å². The van der Waals surface area contributed by atoms with Crippen LogP contribution in [0.5, 0.6) is 0 Å². The number of rotatable bonds is 5. The van der Waals surface area contributed by atoms with E-state index in [1.54, 1.807) is 0 Å². The third-order valence-corrected chi connectivity index (χ3v) is 6.14. The van der Waals surface area contributed by atoms with Crippen LogP contribution in [0, 0.1) is 12.8 Å². The minimum absolute atomic E-state index is 0.0559. The van der Waals surface area contributed by atoms with Gasteiger partial charge in [-0.2, -0.15) is 0 Å². The van der Waals surface area contributed by atoms with Crippen LogP contribution in [0.15, 0.2) is 40.8 Å². The number of hydrogen-bond donors (Lipinski definition) is 0. The van der Waals surface area contributed by atoms with E-state index in [0.29, 0.717) is 44.9 Å². The van der Waals surface area contributed by atoms with Crippen LogP contribution >= 0.6 is 0 Å².